The molecule has 3 aromatic heterocycles. The van der Waals surface area contributed by atoms with Gasteiger partial charge in [-0.15, -0.1) is 11.3 Å². The second kappa shape index (κ2) is 4.77. The van der Waals surface area contributed by atoms with Crippen molar-refractivity contribution in [2.75, 3.05) is 0 Å². The van der Waals surface area contributed by atoms with E-state index in [1.54, 1.807) is 11.3 Å². The molecule has 0 aromatic carbocycles. The highest BCUT2D eigenvalue weighted by molar-refractivity contribution is 7.71. The van der Waals surface area contributed by atoms with Crippen molar-refractivity contribution >= 4 is 46.3 Å². The zero-order chi connectivity index (χ0) is 13.6. The van der Waals surface area contributed by atoms with Crippen LogP contribution in [0.15, 0.2) is 12.1 Å². The molecule has 7 heteroatoms. The predicted molar refractivity (Wildman–Crippen MR) is 81.7 cm³/mol. The van der Waals surface area contributed by atoms with Crippen molar-refractivity contribution in [2.24, 2.45) is 7.05 Å². The minimum Gasteiger partial charge on any atom is -0.328 e. The molecule has 0 atom stereocenters. The van der Waals surface area contributed by atoms with Crippen LogP contribution in [-0.4, -0.2) is 19.3 Å². The topological polar surface area (TPSA) is 38.5 Å². The van der Waals surface area contributed by atoms with Crippen molar-refractivity contribution in [2.45, 2.75) is 19.9 Å². The smallest absolute Gasteiger partial charge is 0.179 e. The quantitative estimate of drug-likeness (QED) is 0.748. The molecular weight excluding hydrogens is 300 g/mol. The molecule has 0 amide bonds. The van der Waals surface area contributed by atoms with Gasteiger partial charge in [-0.1, -0.05) is 18.5 Å². The molecule has 1 N–H and O–H groups in total. The monoisotopic (exact) mass is 312 g/mol. The van der Waals surface area contributed by atoms with E-state index in [1.807, 2.05) is 23.9 Å². The number of nitrogens with zero attached hydrogens (tertiary/aromatic N) is 3. The van der Waals surface area contributed by atoms with Gasteiger partial charge in [0, 0.05) is 11.9 Å². The zero-order valence-electron chi connectivity index (χ0n) is 10.6. The average molecular weight is 313 g/mol. The number of thiophene rings is 1. The Hall–Kier alpha value is -1.11. The molecule has 0 bridgehead atoms. The maximum Gasteiger partial charge on any atom is 0.179 e. The lowest BCUT2D eigenvalue weighted by atomic mass is 10.3. The lowest BCUT2D eigenvalue weighted by Crippen LogP contribution is -2.03. The number of rotatable bonds is 3. The number of fused-ring (bicyclic) bond motifs is 1. The highest BCUT2D eigenvalue weighted by atomic mass is 35.5. The molecule has 19 heavy (non-hydrogen) atoms. The molecule has 3 aromatic rings. The highest BCUT2D eigenvalue weighted by Gasteiger charge is 2.14. The Morgan fingerprint density at radius 2 is 2.26 bits per heavy atom. The standard InChI is InChI=1S/C12H13ClN4S2/c1-3-8-10-11(16(2)15-8)17(12(18)14-10)6-7-4-5-9(13)19-7/h4-5H,3,6H2,1-2H3,(H,14,18). The van der Waals surface area contributed by atoms with Gasteiger partial charge in [0.15, 0.2) is 10.4 Å². The van der Waals surface area contributed by atoms with Gasteiger partial charge < -0.3 is 4.98 Å². The molecule has 0 fully saturated rings. The van der Waals surface area contributed by atoms with E-state index < -0.39 is 0 Å². The number of H-pyrrole nitrogens is 1. The molecule has 0 spiro atoms. The third kappa shape index (κ3) is 2.13. The maximum absolute atomic E-state index is 5.97. The normalized spacial score (nSPS) is 11.5. The summed E-state index contributed by atoms with van der Waals surface area (Å²) in [6.07, 6.45) is 0.886. The van der Waals surface area contributed by atoms with Gasteiger partial charge in [-0.3, -0.25) is 9.25 Å². The Balaban J connectivity index is 2.15. The van der Waals surface area contributed by atoms with Crippen molar-refractivity contribution in [1.82, 2.24) is 19.3 Å². The van der Waals surface area contributed by atoms with Gasteiger partial charge in [0.25, 0.3) is 0 Å². The number of aryl methyl sites for hydroxylation is 2. The molecule has 0 radical (unpaired) electrons. The Kier molecular flexibility index (Phi) is 3.24. The van der Waals surface area contributed by atoms with Gasteiger partial charge in [0.1, 0.15) is 5.52 Å². The Morgan fingerprint density at radius 1 is 1.47 bits per heavy atom. The summed E-state index contributed by atoms with van der Waals surface area (Å²) in [4.78, 5) is 4.44. The van der Waals surface area contributed by atoms with Crippen LogP contribution in [0.4, 0.5) is 0 Å². The van der Waals surface area contributed by atoms with Crippen LogP contribution in [0.5, 0.6) is 0 Å². The molecule has 0 aliphatic carbocycles. The molecule has 3 heterocycles. The van der Waals surface area contributed by atoms with Gasteiger partial charge in [0.05, 0.1) is 16.6 Å². The van der Waals surface area contributed by atoms with E-state index >= 15 is 0 Å². The number of aromatic amines is 1. The number of hydrogen-bond donors (Lipinski definition) is 1. The third-order valence-corrected chi connectivity index (χ3v) is 4.64. The fourth-order valence-electron chi connectivity index (χ4n) is 2.26. The van der Waals surface area contributed by atoms with Crippen molar-refractivity contribution in [1.29, 1.82) is 0 Å². The average Bonchev–Trinajstić information content (AvgIpc) is 3.00. The van der Waals surface area contributed by atoms with Crippen LogP contribution < -0.4 is 0 Å². The van der Waals surface area contributed by atoms with Gasteiger partial charge >= 0.3 is 0 Å². The second-order valence-electron chi connectivity index (χ2n) is 4.34. The summed E-state index contributed by atoms with van der Waals surface area (Å²) in [6, 6.07) is 3.94. The van der Waals surface area contributed by atoms with Crippen LogP contribution in [0.25, 0.3) is 11.2 Å². The highest BCUT2D eigenvalue weighted by Crippen LogP contribution is 2.25. The first kappa shape index (κ1) is 12.9. The third-order valence-electron chi connectivity index (χ3n) is 3.10. The minimum atomic E-state index is 0.721. The Labute approximate surface area is 124 Å². The minimum absolute atomic E-state index is 0.721. The Bertz CT molecular complexity index is 792. The van der Waals surface area contributed by atoms with Gasteiger partial charge in [-0.25, -0.2) is 0 Å². The van der Waals surface area contributed by atoms with Gasteiger partial charge in [-0.2, -0.15) is 5.10 Å². The fraction of sp³-hybridized carbons (Fsp3) is 0.333. The first-order valence-corrected chi connectivity index (χ1v) is 7.59. The summed E-state index contributed by atoms with van der Waals surface area (Å²) >= 11 is 13.0. The van der Waals surface area contributed by atoms with Gasteiger partial charge in [0.2, 0.25) is 0 Å². The van der Waals surface area contributed by atoms with E-state index in [9.17, 15) is 0 Å². The molecular formula is C12H13ClN4S2. The van der Waals surface area contributed by atoms with E-state index in [0.717, 1.165) is 38.9 Å². The van der Waals surface area contributed by atoms with E-state index in [4.69, 9.17) is 23.8 Å². The summed E-state index contributed by atoms with van der Waals surface area (Å²) in [5.41, 5.74) is 3.12. The molecule has 100 valence electrons. The van der Waals surface area contributed by atoms with Gasteiger partial charge in [-0.05, 0) is 30.8 Å². The molecule has 0 saturated heterocycles. The van der Waals surface area contributed by atoms with Crippen LogP contribution in [-0.2, 0) is 20.0 Å². The summed E-state index contributed by atoms with van der Waals surface area (Å²) in [5, 5.41) is 4.51. The van der Waals surface area contributed by atoms with Crippen LogP contribution in [0.3, 0.4) is 0 Å². The van der Waals surface area contributed by atoms with E-state index in [1.165, 1.54) is 4.88 Å². The fourth-order valence-corrected chi connectivity index (χ4v) is 3.59. The molecule has 0 aliphatic rings. The Morgan fingerprint density at radius 3 is 2.89 bits per heavy atom. The SMILES string of the molecule is CCc1nn(C)c2c1[nH]c(=S)n2Cc1ccc(Cl)s1. The molecule has 0 saturated carbocycles. The summed E-state index contributed by atoms with van der Waals surface area (Å²) in [5.74, 6) is 0. The molecule has 0 aliphatic heterocycles. The van der Waals surface area contributed by atoms with Crippen molar-refractivity contribution in [3.05, 3.63) is 31.8 Å². The number of imidazole rings is 1. The lowest BCUT2D eigenvalue weighted by Gasteiger charge is -2.02. The number of nitrogens with one attached hydrogen (secondary N) is 1. The predicted octanol–water partition coefficient (Wildman–Crippen LogP) is 3.76. The maximum atomic E-state index is 5.97. The van der Waals surface area contributed by atoms with Crippen LogP contribution in [0.2, 0.25) is 4.34 Å². The summed E-state index contributed by atoms with van der Waals surface area (Å²) in [7, 11) is 1.95. The molecule has 0 unspecified atom stereocenters. The van der Waals surface area contributed by atoms with Crippen LogP contribution in [0, 0.1) is 4.77 Å². The number of hydrogen-bond acceptors (Lipinski definition) is 3. The van der Waals surface area contributed by atoms with Crippen LogP contribution in [0.1, 0.15) is 17.5 Å². The van der Waals surface area contributed by atoms with Crippen molar-refractivity contribution in [3.63, 3.8) is 0 Å². The van der Waals surface area contributed by atoms with E-state index in [0.29, 0.717) is 0 Å². The van der Waals surface area contributed by atoms with Crippen molar-refractivity contribution < 1.29 is 0 Å². The summed E-state index contributed by atoms with van der Waals surface area (Å²) < 4.78 is 5.48. The van der Waals surface area contributed by atoms with E-state index in [2.05, 4.69) is 21.6 Å². The van der Waals surface area contributed by atoms with Crippen LogP contribution >= 0.6 is 35.2 Å². The van der Waals surface area contributed by atoms with E-state index in [-0.39, 0.29) is 0 Å². The molecule has 4 nitrogen and oxygen atoms in total. The summed E-state index contributed by atoms with van der Waals surface area (Å²) in [6.45, 7) is 2.81. The number of aromatic nitrogens is 4. The second-order valence-corrected chi connectivity index (χ2v) is 6.53. The lowest BCUT2D eigenvalue weighted by molar-refractivity contribution is 0.713. The molecule has 3 rings (SSSR count). The van der Waals surface area contributed by atoms with Crippen molar-refractivity contribution in [3.8, 4) is 0 Å². The largest absolute Gasteiger partial charge is 0.328 e. The zero-order valence-corrected chi connectivity index (χ0v) is 13.0. The number of halogens is 1. The first-order valence-electron chi connectivity index (χ1n) is 5.98. The first-order chi connectivity index (χ1) is 9.10.